The summed E-state index contributed by atoms with van der Waals surface area (Å²) in [5.74, 6) is -0.189. The zero-order valence-corrected chi connectivity index (χ0v) is 18.0. The van der Waals surface area contributed by atoms with E-state index >= 15 is 0 Å². The first-order valence-corrected chi connectivity index (χ1v) is 10.4. The largest absolute Gasteiger partial charge is 0.534 e. The molecule has 1 amide bonds. The molecule has 0 bridgehead atoms. The third-order valence-corrected chi connectivity index (χ3v) is 6.95. The van der Waals surface area contributed by atoms with E-state index in [2.05, 4.69) is 4.90 Å². The number of nitrogens with zero attached hydrogens (tertiary/aromatic N) is 2. The molecule has 3 rings (SSSR count). The van der Waals surface area contributed by atoms with Gasteiger partial charge in [0.15, 0.2) is 5.13 Å². The van der Waals surface area contributed by atoms with Crippen molar-refractivity contribution in [1.82, 2.24) is 9.96 Å². The highest BCUT2D eigenvalue weighted by molar-refractivity contribution is 7.10. The standard InChI is InChI=1S/C20H29FN2O4S/c1-18(2,3)26-17(25)27-23-13-19(12-16(23)24)8-10-20(11-9-19,22(4)5)14-6-7-15(21)28-14/h6-7H,8-13H2,1-5H3. The molecule has 2 aliphatic rings. The molecule has 2 heterocycles. The lowest BCUT2D eigenvalue weighted by Gasteiger charge is -2.47. The molecule has 156 valence electrons. The second kappa shape index (κ2) is 7.30. The van der Waals surface area contributed by atoms with Gasteiger partial charge in [0.1, 0.15) is 5.60 Å². The lowest BCUT2D eigenvalue weighted by molar-refractivity contribution is -0.170. The van der Waals surface area contributed by atoms with E-state index in [1.807, 2.05) is 20.2 Å². The van der Waals surface area contributed by atoms with Crippen LogP contribution < -0.4 is 0 Å². The van der Waals surface area contributed by atoms with Crippen LogP contribution in [-0.2, 0) is 19.9 Å². The summed E-state index contributed by atoms with van der Waals surface area (Å²) in [4.78, 5) is 32.8. The maximum Gasteiger partial charge on any atom is 0.534 e. The summed E-state index contributed by atoms with van der Waals surface area (Å²) < 4.78 is 18.8. The SMILES string of the molecule is CN(C)C1(c2ccc(F)s2)CCC2(CC1)CC(=O)N(OC(=O)OC(C)(C)C)C2. The van der Waals surface area contributed by atoms with Crippen LogP contribution in [0.25, 0.3) is 0 Å². The van der Waals surface area contributed by atoms with Crippen molar-refractivity contribution in [3.63, 3.8) is 0 Å². The van der Waals surface area contributed by atoms with Gasteiger partial charge in [0.25, 0.3) is 5.91 Å². The molecule has 1 aromatic heterocycles. The zero-order valence-electron chi connectivity index (χ0n) is 17.2. The fraction of sp³-hybridized carbons (Fsp3) is 0.700. The quantitative estimate of drug-likeness (QED) is 0.693. The Kier molecular flexibility index (Phi) is 5.49. The van der Waals surface area contributed by atoms with Gasteiger partial charge in [-0.1, -0.05) is 0 Å². The lowest BCUT2D eigenvalue weighted by atomic mass is 9.66. The number of halogens is 1. The fourth-order valence-corrected chi connectivity index (χ4v) is 5.37. The van der Waals surface area contributed by atoms with Gasteiger partial charge < -0.3 is 9.57 Å². The first kappa shape index (κ1) is 21.0. The van der Waals surface area contributed by atoms with E-state index in [0.717, 1.165) is 35.6 Å². The Labute approximate surface area is 169 Å². The van der Waals surface area contributed by atoms with Gasteiger partial charge in [-0.15, -0.1) is 11.3 Å². The average molecular weight is 413 g/mol. The smallest absolute Gasteiger partial charge is 0.427 e. The summed E-state index contributed by atoms with van der Waals surface area (Å²) in [6, 6.07) is 3.39. The summed E-state index contributed by atoms with van der Waals surface area (Å²) in [7, 11) is 4.04. The molecule has 8 heteroatoms. The summed E-state index contributed by atoms with van der Waals surface area (Å²) in [5, 5.41) is 0.978. The van der Waals surface area contributed by atoms with Crippen molar-refractivity contribution in [3.8, 4) is 0 Å². The van der Waals surface area contributed by atoms with Crippen LogP contribution in [0.3, 0.4) is 0 Å². The first-order chi connectivity index (χ1) is 12.9. The van der Waals surface area contributed by atoms with E-state index in [4.69, 9.17) is 9.57 Å². The van der Waals surface area contributed by atoms with Gasteiger partial charge in [-0.2, -0.15) is 9.45 Å². The highest BCUT2D eigenvalue weighted by Gasteiger charge is 2.52. The van der Waals surface area contributed by atoms with E-state index < -0.39 is 11.8 Å². The Morgan fingerprint density at radius 1 is 1.21 bits per heavy atom. The van der Waals surface area contributed by atoms with Crippen LogP contribution in [0.4, 0.5) is 9.18 Å². The third-order valence-electron chi connectivity index (χ3n) is 5.88. The molecule has 2 fully saturated rings. The predicted molar refractivity (Wildman–Crippen MR) is 104 cm³/mol. The molecule has 0 atom stereocenters. The van der Waals surface area contributed by atoms with Crippen molar-refractivity contribution in [3.05, 3.63) is 22.1 Å². The molecule has 1 spiro atoms. The normalized spacial score (nSPS) is 28.2. The van der Waals surface area contributed by atoms with Crippen LogP contribution in [0.2, 0.25) is 0 Å². The number of hydrogen-bond acceptors (Lipinski definition) is 6. The highest BCUT2D eigenvalue weighted by atomic mass is 32.1. The monoisotopic (exact) mass is 412 g/mol. The summed E-state index contributed by atoms with van der Waals surface area (Å²) >= 11 is 1.20. The van der Waals surface area contributed by atoms with Gasteiger partial charge in [-0.25, -0.2) is 4.79 Å². The van der Waals surface area contributed by atoms with Crippen molar-refractivity contribution >= 4 is 23.4 Å². The molecule has 28 heavy (non-hydrogen) atoms. The van der Waals surface area contributed by atoms with Crippen LogP contribution in [0, 0.1) is 10.5 Å². The molecule has 1 aliphatic heterocycles. The van der Waals surface area contributed by atoms with E-state index in [1.165, 1.54) is 17.4 Å². The zero-order chi connectivity index (χ0) is 20.7. The van der Waals surface area contributed by atoms with Crippen molar-refractivity contribution in [2.45, 2.75) is 64.0 Å². The maximum atomic E-state index is 13.6. The Balaban J connectivity index is 1.68. The van der Waals surface area contributed by atoms with Crippen molar-refractivity contribution in [2.75, 3.05) is 20.6 Å². The van der Waals surface area contributed by atoms with E-state index in [0.29, 0.717) is 13.0 Å². The third kappa shape index (κ3) is 4.17. The molecule has 1 aromatic rings. The van der Waals surface area contributed by atoms with Gasteiger partial charge >= 0.3 is 6.16 Å². The lowest BCUT2D eigenvalue weighted by Crippen LogP contribution is -2.47. The van der Waals surface area contributed by atoms with Crippen LogP contribution in [-0.4, -0.2) is 48.3 Å². The summed E-state index contributed by atoms with van der Waals surface area (Å²) in [6.45, 7) is 5.62. The summed E-state index contributed by atoms with van der Waals surface area (Å²) in [5.41, 5.74) is -1.11. The Hall–Kier alpha value is -1.67. The average Bonchev–Trinajstić information content (AvgIpc) is 3.11. The molecule has 0 radical (unpaired) electrons. The number of amides is 1. The Bertz CT molecular complexity index is 748. The van der Waals surface area contributed by atoms with Gasteiger partial charge in [0.05, 0.1) is 12.1 Å². The number of ether oxygens (including phenoxy) is 1. The van der Waals surface area contributed by atoms with Crippen LogP contribution in [0.5, 0.6) is 0 Å². The van der Waals surface area contributed by atoms with Gasteiger partial charge in [-0.05, 0) is 72.7 Å². The Morgan fingerprint density at radius 2 is 1.86 bits per heavy atom. The minimum Gasteiger partial charge on any atom is -0.427 e. The minimum absolute atomic E-state index is 0.176. The number of thiophene rings is 1. The van der Waals surface area contributed by atoms with E-state index in [-0.39, 0.29) is 22.0 Å². The molecular formula is C20H29FN2O4S. The van der Waals surface area contributed by atoms with Crippen LogP contribution in [0.1, 0.15) is 57.8 Å². The second-order valence-corrected chi connectivity index (χ2v) is 10.2. The van der Waals surface area contributed by atoms with Gasteiger partial charge in [0, 0.05) is 16.7 Å². The molecule has 6 nitrogen and oxygen atoms in total. The van der Waals surface area contributed by atoms with Gasteiger partial charge in [-0.3, -0.25) is 9.69 Å². The van der Waals surface area contributed by atoms with Crippen molar-refractivity contribution in [2.24, 2.45) is 5.41 Å². The highest BCUT2D eigenvalue weighted by Crippen LogP contribution is 2.53. The first-order valence-electron chi connectivity index (χ1n) is 9.59. The van der Waals surface area contributed by atoms with Crippen molar-refractivity contribution in [1.29, 1.82) is 0 Å². The maximum absolute atomic E-state index is 13.6. The van der Waals surface area contributed by atoms with E-state index in [1.54, 1.807) is 20.8 Å². The minimum atomic E-state index is -0.856. The number of carbonyl (C=O) groups excluding carboxylic acids is 2. The topological polar surface area (TPSA) is 59.1 Å². The molecule has 0 N–H and O–H groups in total. The molecule has 0 aromatic carbocycles. The fourth-order valence-electron chi connectivity index (χ4n) is 4.31. The van der Waals surface area contributed by atoms with Crippen LogP contribution in [0.15, 0.2) is 12.1 Å². The molecule has 1 saturated heterocycles. The Morgan fingerprint density at radius 3 is 2.36 bits per heavy atom. The number of rotatable bonds is 3. The molecular weight excluding hydrogens is 383 g/mol. The molecule has 0 unspecified atom stereocenters. The van der Waals surface area contributed by atoms with Crippen LogP contribution >= 0.6 is 11.3 Å². The van der Waals surface area contributed by atoms with Gasteiger partial charge in [0.2, 0.25) is 0 Å². The summed E-state index contributed by atoms with van der Waals surface area (Å²) in [6.07, 6.45) is 2.78. The molecule has 1 aliphatic carbocycles. The second-order valence-electron chi connectivity index (χ2n) is 9.19. The molecule has 1 saturated carbocycles. The van der Waals surface area contributed by atoms with Crippen molar-refractivity contribution < 1.29 is 23.6 Å². The van der Waals surface area contributed by atoms with E-state index in [9.17, 15) is 14.0 Å². The number of hydrogen-bond donors (Lipinski definition) is 0. The predicted octanol–water partition coefficient (Wildman–Crippen LogP) is 4.30. The number of carbonyl (C=O) groups is 2. The number of hydroxylamine groups is 2.